The molecule has 23 heavy (non-hydrogen) atoms. The van der Waals surface area contributed by atoms with Crippen molar-refractivity contribution in [1.29, 1.82) is 0 Å². The molecule has 1 N–H and O–H groups in total. The number of carbonyl (C=O) groups excluding carboxylic acids is 1. The fourth-order valence-corrected chi connectivity index (χ4v) is 2.90. The van der Waals surface area contributed by atoms with Crippen LogP contribution in [-0.2, 0) is 16.0 Å². The first-order valence-electron chi connectivity index (χ1n) is 8.02. The third kappa shape index (κ3) is 4.98. The minimum absolute atomic E-state index is 0.184. The minimum Gasteiger partial charge on any atom is -0.480 e. The van der Waals surface area contributed by atoms with Crippen LogP contribution in [0, 0.1) is 5.92 Å². The van der Waals surface area contributed by atoms with Crippen molar-refractivity contribution in [3.8, 4) is 0 Å². The topological polar surface area (TPSA) is 66.8 Å². The van der Waals surface area contributed by atoms with Crippen LogP contribution in [0.3, 0.4) is 0 Å². The first-order valence-corrected chi connectivity index (χ1v) is 8.02. The molecule has 0 aromatic heterocycles. The van der Waals surface area contributed by atoms with E-state index < -0.39 is 23.7 Å². The first kappa shape index (κ1) is 17.3. The molecule has 5 heteroatoms. The molecule has 1 fully saturated rings. The summed E-state index contributed by atoms with van der Waals surface area (Å²) in [4.78, 5) is 25.1. The summed E-state index contributed by atoms with van der Waals surface area (Å²) in [6.45, 7) is 5.79. The average Bonchev–Trinajstić information content (AvgIpc) is 2.89. The molecule has 0 bridgehead atoms. The van der Waals surface area contributed by atoms with Crippen molar-refractivity contribution < 1.29 is 19.4 Å². The average molecular weight is 319 g/mol. The van der Waals surface area contributed by atoms with Crippen LogP contribution in [0.25, 0.3) is 0 Å². The van der Waals surface area contributed by atoms with Gasteiger partial charge in [-0.15, -0.1) is 0 Å². The van der Waals surface area contributed by atoms with Crippen LogP contribution >= 0.6 is 0 Å². The molecule has 0 unspecified atom stereocenters. The molecule has 1 saturated heterocycles. The second-order valence-electron chi connectivity index (χ2n) is 7.11. The van der Waals surface area contributed by atoms with Crippen LogP contribution in [-0.4, -0.2) is 40.3 Å². The highest BCUT2D eigenvalue weighted by atomic mass is 16.6. The number of benzene rings is 1. The predicted octanol–water partition coefficient (Wildman–Crippen LogP) is 3.33. The van der Waals surface area contributed by atoms with Gasteiger partial charge in [-0.05, 0) is 51.5 Å². The molecule has 1 amide bonds. The number of carboxylic acids is 1. The van der Waals surface area contributed by atoms with E-state index in [9.17, 15) is 14.7 Å². The van der Waals surface area contributed by atoms with Gasteiger partial charge in [0.2, 0.25) is 0 Å². The van der Waals surface area contributed by atoms with Crippen molar-refractivity contribution in [3.05, 3.63) is 35.9 Å². The molecular weight excluding hydrogens is 294 g/mol. The molecule has 126 valence electrons. The van der Waals surface area contributed by atoms with Gasteiger partial charge < -0.3 is 9.84 Å². The van der Waals surface area contributed by atoms with Crippen LogP contribution in [0.2, 0.25) is 0 Å². The van der Waals surface area contributed by atoms with E-state index in [0.717, 1.165) is 12.8 Å². The number of aryl methyl sites for hydroxylation is 1. The minimum atomic E-state index is -0.960. The largest absolute Gasteiger partial charge is 0.480 e. The molecule has 0 saturated carbocycles. The number of amides is 1. The number of nitrogens with zero attached hydrogens (tertiary/aromatic N) is 1. The molecule has 5 nitrogen and oxygen atoms in total. The molecule has 2 atom stereocenters. The lowest BCUT2D eigenvalue weighted by Gasteiger charge is -2.26. The highest BCUT2D eigenvalue weighted by molar-refractivity contribution is 5.81. The maximum Gasteiger partial charge on any atom is 0.411 e. The molecule has 2 rings (SSSR count). The number of hydrogen-bond donors (Lipinski definition) is 1. The van der Waals surface area contributed by atoms with E-state index in [-0.39, 0.29) is 5.92 Å². The van der Waals surface area contributed by atoms with E-state index in [0.29, 0.717) is 13.0 Å². The number of aliphatic carboxylic acids is 1. The van der Waals surface area contributed by atoms with Crippen LogP contribution in [0.4, 0.5) is 4.79 Å². The monoisotopic (exact) mass is 319 g/mol. The Kier molecular flexibility index (Phi) is 5.29. The number of carboxylic acid groups (broad SMARTS) is 1. The van der Waals surface area contributed by atoms with Crippen molar-refractivity contribution in [2.24, 2.45) is 5.92 Å². The highest BCUT2D eigenvalue weighted by Gasteiger charge is 2.41. The van der Waals surface area contributed by atoms with Crippen LogP contribution in [0.1, 0.15) is 39.2 Å². The number of carbonyl (C=O) groups is 2. The molecular formula is C18H25NO4. The lowest BCUT2D eigenvalue weighted by atomic mass is 9.97. The van der Waals surface area contributed by atoms with Gasteiger partial charge in [0.25, 0.3) is 0 Å². The summed E-state index contributed by atoms with van der Waals surface area (Å²) < 4.78 is 5.34. The second-order valence-corrected chi connectivity index (χ2v) is 7.11. The van der Waals surface area contributed by atoms with E-state index in [4.69, 9.17) is 4.74 Å². The fourth-order valence-electron chi connectivity index (χ4n) is 2.90. The Morgan fingerprint density at radius 2 is 1.91 bits per heavy atom. The van der Waals surface area contributed by atoms with Gasteiger partial charge in [0.15, 0.2) is 0 Å². The highest BCUT2D eigenvalue weighted by Crippen LogP contribution is 2.29. The summed E-state index contributed by atoms with van der Waals surface area (Å²) in [6.07, 6.45) is 1.71. The summed E-state index contributed by atoms with van der Waals surface area (Å²) in [5.41, 5.74) is 0.609. The summed E-state index contributed by atoms with van der Waals surface area (Å²) in [6, 6.07) is 9.31. The van der Waals surface area contributed by atoms with E-state index in [1.807, 2.05) is 18.2 Å². The van der Waals surface area contributed by atoms with Crippen molar-refractivity contribution in [3.63, 3.8) is 0 Å². The third-order valence-electron chi connectivity index (χ3n) is 3.98. The molecule has 1 aromatic rings. The summed E-state index contributed by atoms with van der Waals surface area (Å²) in [5.74, 6) is -0.776. The third-order valence-corrected chi connectivity index (χ3v) is 3.98. The quantitative estimate of drug-likeness (QED) is 0.924. The van der Waals surface area contributed by atoms with Crippen molar-refractivity contribution in [2.75, 3.05) is 6.54 Å². The van der Waals surface area contributed by atoms with E-state index in [2.05, 4.69) is 12.1 Å². The number of ether oxygens (including phenoxy) is 1. The van der Waals surface area contributed by atoms with Crippen molar-refractivity contribution in [1.82, 2.24) is 4.90 Å². The first-order chi connectivity index (χ1) is 10.8. The second kappa shape index (κ2) is 7.02. The number of hydrogen-bond acceptors (Lipinski definition) is 3. The Morgan fingerprint density at radius 3 is 2.48 bits per heavy atom. The zero-order valence-corrected chi connectivity index (χ0v) is 14.0. The zero-order chi connectivity index (χ0) is 17.0. The fraction of sp³-hybridized carbons (Fsp3) is 0.556. The molecule has 1 aromatic carbocycles. The van der Waals surface area contributed by atoms with Gasteiger partial charge in [-0.25, -0.2) is 9.59 Å². The smallest absolute Gasteiger partial charge is 0.411 e. The Morgan fingerprint density at radius 1 is 1.26 bits per heavy atom. The zero-order valence-electron chi connectivity index (χ0n) is 14.0. The van der Waals surface area contributed by atoms with Crippen LogP contribution < -0.4 is 0 Å². The Balaban J connectivity index is 1.97. The summed E-state index contributed by atoms with van der Waals surface area (Å²) in [5, 5.41) is 9.38. The van der Waals surface area contributed by atoms with Gasteiger partial charge in [0, 0.05) is 6.54 Å². The van der Waals surface area contributed by atoms with Crippen LogP contribution in [0.5, 0.6) is 0 Å². The Hall–Kier alpha value is -2.04. The van der Waals surface area contributed by atoms with Gasteiger partial charge in [-0.3, -0.25) is 4.90 Å². The van der Waals surface area contributed by atoms with Gasteiger partial charge in [-0.2, -0.15) is 0 Å². The van der Waals surface area contributed by atoms with E-state index in [1.54, 1.807) is 20.8 Å². The van der Waals surface area contributed by atoms with Gasteiger partial charge >= 0.3 is 12.1 Å². The Bertz CT molecular complexity index is 550. The van der Waals surface area contributed by atoms with Crippen molar-refractivity contribution in [2.45, 2.75) is 51.7 Å². The van der Waals surface area contributed by atoms with E-state index >= 15 is 0 Å². The normalized spacial score (nSPS) is 21.3. The van der Waals surface area contributed by atoms with Gasteiger partial charge in [-0.1, -0.05) is 30.3 Å². The maximum atomic E-state index is 12.2. The van der Waals surface area contributed by atoms with Crippen LogP contribution in [0.15, 0.2) is 30.3 Å². The lowest BCUT2D eigenvalue weighted by Crippen LogP contribution is -2.43. The molecule has 0 aliphatic carbocycles. The Labute approximate surface area is 137 Å². The standard InChI is InChI=1S/C18H25NO4/c1-18(2,3)23-17(22)19-12-14(11-15(19)16(20)21)10-9-13-7-5-4-6-8-13/h4-8,14-15H,9-12H2,1-3H3,(H,20,21)/t14-,15+/m1/s1. The molecule has 1 aliphatic rings. The summed E-state index contributed by atoms with van der Waals surface area (Å²) in [7, 11) is 0. The van der Waals surface area contributed by atoms with E-state index in [1.165, 1.54) is 10.5 Å². The number of rotatable bonds is 4. The molecule has 1 heterocycles. The number of likely N-dealkylation sites (tertiary alicyclic amines) is 1. The predicted molar refractivity (Wildman–Crippen MR) is 87.2 cm³/mol. The molecule has 0 radical (unpaired) electrons. The van der Waals surface area contributed by atoms with Gasteiger partial charge in [0.05, 0.1) is 0 Å². The maximum absolute atomic E-state index is 12.2. The summed E-state index contributed by atoms with van der Waals surface area (Å²) >= 11 is 0. The SMILES string of the molecule is CC(C)(C)OC(=O)N1C[C@H](CCc2ccccc2)C[C@H]1C(=O)O. The lowest BCUT2D eigenvalue weighted by molar-refractivity contribution is -0.142. The molecule has 1 aliphatic heterocycles. The van der Waals surface area contributed by atoms with Gasteiger partial charge in [0.1, 0.15) is 11.6 Å². The molecule has 0 spiro atoms. The van der Waals surface area contributed by atoms with Crippen molar-refractivity contribution >= 4 is 12.1 Å².